The molecule has 0 fully saturated rings. The van der Waals surface area contributed by atoms with Gasteiger partial charge in [-0.1, -0.05) is 6.58 Å². The summed E-state index contributed by atoms with van der Waals surface area (Å²) in [5.74, 6) is -1.07. The van der Waals surface area contributed by atoms with Gasteiger partial charge < -0.3 is 4.74 Å². The zero-order valence-electron chi connectivity index (χ0n) is 5.30. The first-order valence-electron chi connectivity index (χ1n) is 2.57. The van der Waals surface area contributed by atoms with Gasteiger partial charge in [0.05, 0.1) is 5.88 Å². The standard InChI is InChI=1S/C6H7ClO3/c1-2-6(9)10-4-5(8)3-7/h2H,1,3-4H2. The van der Waals surface area contributed by atoms with Gasteiger partial charge in [-0.3, -0.25) is 4.79 Å². The third-order valence-corrected chi connectivity index (χ3v) is 0.989. The highest BCUT2D eigenvalue weighted by Crippen LogP contribution is 1.83. The smallest absolute Gasteiger partial charge is 0.330 e. The number of alkyl halides is 1. The van der Waals surface area contributed by atoms with Gasteiger partial charge in [0.1, 0.15) is 0 Å². The Morgan fingerprint density at radius 1 is 1.60 bits per heavy atom. The van der Waals surface area contributed by atoms with Crippen LogP contribution in [0.1, 0.15) is 0 Å². The molecule has 0 amide bonds. The molecule has 0 spiro atoms. The van der Waals surface area contributed by atoms with Gasteiger partial charge in [-0.25, -0.2) is 4.79 Å². The zero-order valence-corrected chi connectivity index (χ0v) is 6.06. The molecule has 0 aromatic rings. The highest BCUT2D eigenvalue weighted by molar-refractivity contribution is 6.27. The average Bonchev–Trinajstić information content (AvgIpc) is 1.99. The SMILES string of the molecule is C=CC(=O)OCC(=O)CCl. The molecule has 10 heavy (non-hydrogen) atoms. The Labute approximate surface area is 63.6 Å². The Morgan fingerprint density at radius 2 is 2.20 bits per heavy atom. The molecule has 0 radical (unpaired) electrons. The lowest BCUT2D eigenvalue weighted by atomic mass is 10.5. The Bertz CT molecular complexity index is 153. The second kappa shape index (κ2) is 4.99. The van der Waals surface area contributed by atoms with Crippen LogP contribution in [0.2, 0.25) is 0 Å². The molecule has 0 bridgehead atoms. The minimum Gasteiger partial charge on any atom is -0.454 e. The van der Waals surface area contributed by atoms with Crippen LogP contribution in [0.15, 0.2) is 12.7 Å². The van der Waals surface area contributed by atoms with E-state index in [4.69, 9.17) is 11.6 Å². The van der Waals surface area contributed by atoms with Crippen LogP contribution >= 0.6 is 11.6 Å². The van der Waals surface area contributed by atoms with Crippen molar-refractivity contribution in [1.82, 2.24) is 0 Å². The van der Waals surface area contributed by atoms with Gasteiger partial charge in [-0.2, -0.15) is 0 Å². The second-order valence-corrected chi connectivity index (χ2v) is 1.75. The van der Waals surface area contributed by atoms with E-state index in [0.29, 0.717) is 0 Å². The number of ketones is 1. The van der Waals surface area contributed by atoms with E-state index in [1.165, 1.54) is 0 Å². The van der Waals surface area contributed by atoms with Crippen LogP contribution in [-0.4, -0.2) is 24.2 Å². The Morgan fingerprint density at radius 3 is 2.60 bits per heavy atom. The van der Waals surface area contributed by atoms with Crippen LogP contribution in [0.5, 0.6) is 0 Å². The van der Waals surface area contributed by atoms with Crippen molar-refractivity contribution >= 4 is 23.4 Å². The zero-order chi connectivity index (χ0) is 7.98. The molecule has 0 atom stereocenters. The lowest BCUT2D eigenvalue weighted by Gasteiger charge is -1.96. The minimum atomic E-state index is -0.613. The molecule has 0 aromatic carbocycles. The Kier molecular flexibility index (Phi) is 4.58. The van der Waals surface area contributed by atoms with Gasteiger partial charge in [0.25, 0.3) is 0 Å². The number of carbonyl (C=O) groups excluding carboxylic acids is 2. The predicted molar refractivity (Wildman–Crippen MR) is 36.9 cm³/mol. The summed E-state index contributed by atoms with van der Waals surface area (Å²) in [6.07, 6.45) is 0.988. The van der Waals surface area contributed by atoms with Crippen molar-refractivity contribution in [2.24, 2.45) is 0 Å². The number of Topliss-reactive ketones (excluding diaryl/α,β-unsaturated/α-hetero) is 1. The number of halogens is 1. The Hall–Kier alpha value is -0.830. The van der Waals surface area contributed by atoms with Crippen LogP contribution in [0.4, 0.5) is 0 Å². The van der Waals surface area contributed by atoms with E-state index in [1.807, 2.05) is 0 Å². The topological polar surface area (TPSA) is 43.4 Å². The number of esters is 1. The van der Waals surface area contributed by atoms with Crippen molar-refractivity contribution in [3.05, 3.63) is 12.7 Å². The summed E-state index contributed by atoms with van der Waals surface area (Å²) in [5.41, 5.74) is 0. The summed E-state index contributed by atoms with van der Waals surface area (Å²) in [4.78, 5) is 20.7. The molecule has 0 saturated carbocycles. The van der Waals surface area contributed by atoms with Crippen LogP contribution in [-0.2, 0) is 14.3 Å². The number of hydrogen-bond acceptors (Lipinski definition) is 3. The van der Waals surface area contributed by atoms with E-state index in [9.17, 15) is 9.59 Å². The molecule has 3 nitrogen and oxygen atoms in total. The fraction of sp³-hybridized carbons (Fsp3) is 0.333. The number of ether oxygens (including phenoxy) is 1. The van der Waals surface area contributed by atoms with E-state index >= 15 is 0 Å². The molecule has 0 unspecified atom stereocenters. The molecule has 0 saturated heterocycles. The molecular formula is C6H7ClO3. The summed E-state index contributed by atoms with van der Waals surface area (Å²) in [7, 11) is 0. The van der Waals surface area contributed by atoms with Gasteiger partial charge in [0.2, 0.25) is 0 Å². The lowest BCUT2D eigenvalue weighted by Crippen LogP contribution is -2.12. The van der Waals surface area contributed by atoms with Gasteiger partial charge in [-0.05, 0) is 0 Å². The van der Waals surface area contributed by atoms with Crippen LogP contribution in [0.25, 0.3) is 0 Å². The van der Waals surface area contributed by atoms with Gasteiger partial charge >= 0.3 is 5.97 Å². The first-order valence-corrected chi connectivity index (χ1v) is 3.11. The normalized spacial score (nSPS) is 8.50. The summed E-state index contributed by atoms with van der Waals surface area (Å²) in [6, 6.07) is 0. The third-order valence-electron chi connectivity index (χ3n) is 0.691. The van der Waals surface area contributed by atoms with Crippen LogP contribution in [0.3, 0.4) is 0 Å². The first kappa shape index (κ1) is 9.17. The first-order chi connectivity index (χ1) is 4.70. The van der Waals surface area contributed by atoms with Crippen molar-refractivity contribution in [2.75, 3.05) is 12.5 Å². The summed E-state index contributed by atoms with van der Waals surface area (Å²) >= 11 is 5.11. The highest BCUT2D eigenvalue weighted by Gasteiger charge is 2.01. The molecule has 0 rings (SSSR count). The number of hydrogen-bond donors (Lipinski definition) is 0. The molecule has 0 N–H and O–H groups in total. The van der Waals surface area contributed by atoms with Crippen LogP contribution in [0, 0.1) is 0 Å². The van der Waals surface area contributed by atoms with Gasteiger partial charge in [-0.15, -0.1) is 11.6 Å². The number of rotatable bonds is 4. The largest absolute Gasteiger partial charge is 0.454 e. The van der Waals surface area contributed by atoms with E-state index in [2.05, 4.69) is 11.3 Å². The quantitative estimate of drug-likeness (QED) is 0.344. The monoisotopic (exact) mass is 162 g/mol. The molecule has 0 aliphatic rings. The summed E-state index contributed by atoms with van der Waals surface area (Å²) in [5, 5.41) is 0. The van der Waals surface area contributed by atoms with E-state index < -0.39 is 5.97 Å². The van der Waals surface area contributed by atoms with Crippen molar-refractivity contribution in [2.45, 2.75) is 0 Å². The number of carbonyl (C=O) groups is 2. The van der Waals surface area contributed by atoms with Crippen molar-refractivity contribution in [3.63, 3.8) is 0 Å². The lowest BCUT2D eigenvalue weighted by molar-refractivity contribution is -0.142. The average molecular weight is 163 g/mol. The van der Waals surface area contributed by atoms with Crippen molar-refractivity contribution in [3.8, 4) is 0 Å². The fourth-order valence-corrected chi connectivity index (χ4v) is 0.326. The predicted octanol–water partition coefficient (Wildman–Crippen LogP) is 0.523. The maximum atomic E-state index is 10.4. The molecular weight excluding hydrogens is 156 g/mol. The van der Waals surface area contributed by atoms with E-state index in [1.54, 1.807) is 0 Å². The van der Waals surface area contributed by atoms with Gasteiger partial charge in [0, 0.05) is 6.08 Å². The molecule has 0 aliphatic heterocycles. The van der Waals surface area contributed by atoms with Crippen molar-refractivity contribution < 1.29 is 14.3 Å². The Balaban J connectivity index is 3.44. The maximum absolute atomic E-state index is 10.4. The second-order valence-electron chi connectivity index (χ2n) is 1.48. The molecule has 0 aromatic heterocycles. The molecule has 4 heteroatoms. The third kappa shape index (κ3) is 4.09. The van der Waals surface area contributed by atoms with Crippen LogP contribution < -0.4 is 0 Å². The summed E-state index contributed by atoms with van der Waals surface area (Å²) in [6.45, 7) is 2.88. The molecule has 0 aliphatic carbocycles. The van der Waals surface area contributed by atoms with Crippen molar-refractivity contribution in [1.29, 1.82) is 0 Å². The van der Waals surface area contributed by atoms with E-state index in [0.717, 1.165) is 6.08 Å². The highest BCUT2D eigenvalue weighted by atomic mass is 35.5. The summed E-state index contributed by atoms with van der Waals surface area (Å²) < 4.78 is 4.35. The molecule has 0 heterocycles. The molecule has 56 valence electrons. The van der Waals surface area contributed by atoms with E-state index in [-0.39, 0.29) is 18.3 Å². The van der Waals surface area contributed by atoms with Gasteiger partial charge in [0.15, 0.2) is 12.4 Å². The fourth-order valence-electron chi connectivity index (χ4n) is 0.249. The maximum Gasteiger partial charge on any atom is 0.330 e. The minimum absolute atomic E-state index is 0.135.